The summed E-state index contributed by atoms with van der Waals surface area (Å²) >= 11 is 1.32. The Morgan fingerprint density at radius 1 is 1.02 bits per heavy atom. The molecule has 1 unspecified atom stereocenters. The number of amidine groups is 1. The average Bonchev–Trinajstić information content (AvgIpc) is 3.23. The summed E-state index contributed by atoms with van der Waals surface area (Å²) in [5.41, 5.74) is 4.87. The number of rotatable bonds is 8. The second-order valence-electron chi connectivity index (χ2n) is 10.4. The van der Waals surface area contributed by atoms with Gasteiger partial charge >= 0.3 is 5.97 Å². The molecule has 1 saturated carbocycles. The molecule has 0 radical (unpaired) electrons. The summed E-state index contributed by atoms with van der Waals surface area (Å²) in [5.74, 6) is 0.489. The van der Waals surface area contributed by atoms with Gasteiger partial charge in [0.1, 0.15) is 11.9 Å². The zero-order chi connectivity index (χ0) is 28.1. The Balaban J connectivity index is 1.21. The van der Waals surface area contributed by atoms with Gasteiger partial charge in [0.2, 0.25) is 0 Å². The molecule has 1 saturated heterocycles. The average molecular weight is 555 g/mol. The Kier molecular flexibility index (Phi) is 8.70. The fourth-order valence-corrected chi connectivity index (χ4v) is 6.15. The smallest absolute Gasteiger partial charge is 0.307 e. The van der Waals surface area contributed by atoms with Gasteiger partial charge in [0.05, 0.1) is 17.0 Å². The van der Waals surface area contributed by atoms with Crippen LogP contribution < -0.4 is 4.74 Å². The maximum atomic E-state index is 12.8. The van der Waals surface area contributed by atoms with Crippen LogP contribution in [0.5, 0.6) is 5.75 Å². The lowest BCUT2D eigenvalue weighted by atomic mass is 9.84. The molecule has 3 aromatic rings. The van der Waals surface area contributed by atoms with E-state index in [0.717, 1.165) is 16.9 Å². The first-order valence-electron chi connectivity index (χ1n) is 13.8. The van der Waals surface area contributed by atoms with Crippen molar-refractivity contribution in [2.45, 2.75) is 57.5 Å². The van der Waals surface area contributed by atoms with E-state index in [9.17, 15) is 9.59 Å². The van der Waals surface area contributed by atoms with Crippen molar-refractivity contribution in [1.29, 1.82) is 0 Å². The Labute approximate surface area is 239 Å². The number of aliphatic carboxylic acids is 1. The number of thioether (sulfide) groups is 1. The third kappa shape index (κ3) is 6.83. The maximum absolute atomic E-state index is 12.8. The quantitative estimate of drug-likeness (QED) is 0.288. The highest BCUT2D eigenvalue weighted by Crippen LogP contribution is 2.35. The standard InChI is InChI=1S/C33H34N2O4S/c1-22(25-12-14-27(15-13-25)26-6-4-3-5-7-26)39-29-18-10-23(11-19-29)20-30-32(38)35(2)33(40-30)34-28-16-8-24(9-17-28)21-31(36)37/h8-20,22,26H,3-7,21H2,1-2H3,(H,36,37). The molecule has 3 aromatic carbocycles. The van der Waals surface area contributed by atoms with Crippen LogP contribution in [0.3, 0.4) is 0 Å². The number of ether oxygens (including phenoxy) is 1. The molecular formula is C33H34N2O4S. The number of carboxylic acid groups (broad SMARTS) is 1. The molecule has 1 aliphatic carbocycles. The summed E-state index contributed by atoms with van der Waals surface area (Å²) in [7, 11) is 1.70. The SMILES string of the molecule is CC(Oc1ccc(C=C2SC(=Nc3ccc(CC(=O)O)cc3)N(C)C2=O)cc1)c1ccc(C2CCCCC2)cc1. The fraction of sp³-hybridized carbons (Fsp3) is 0.303. The summed E-state index contributed by atoms with van der Waals surface area (Å²) < 4.78 is 6.21. The van der Waals surface area contributed by atoms with Crippen molar-refractivity contribution in [1.82, 2.24) is 4.90 Å². The highest BCUT2D eigenvalue weighted by molar-refractivity contribution is 8.18. The van der Waals surface area contributed by atoms with E-state index < -0.39 is 5.97 Å². The van der Waals surface area contributed by atoms with Crippen LogP contribution in [0.1, 0.15) is 73.3 Å². The summed E-state index contributed by atoms with van der Waals surface area (Å²) in [6, 6.07) is 23.7. The lowest BCUT2D eigenvalue weighted by molar-refractivity contribution is -0.136. The van der Waals surface area contributed by atoms with Gasteiger partial charge in [-0.25, -0.2) is 4.99 Å². The third-order valence-electron chi connectivity index (χ3n) is 7.49. The molecule has 7 heteroatoms. The lowest BCUT2D eigenvalue weighted by Gasteiger charge is -2.22. The van der Waals surface area contributed by atoms with Gasteiger partial charge in [-0.3, -0.25) is 14.5 Å². The minimum absolute atomic E-state index is 0.0346. The van der Waals surface area contributed by atoms with Gasteiger partial charge in [-0.15, -0.1) is 0 Å². The highest BCUT2D eigenvalue weighted by atomic mass is 32.2. The van der Waals surface area contributed by atoms with Crippen molar-refractivity contribution in [2.75, 3.05) is 7.05 Å². The summed E-state index contributed by atoms with van der Waals surface area (Å²) in [6.45, 7) is 2.07. The van der Waals surface area contributed by atoms with Gasteiger partial charge in [-0.1, -0.05) is 67.8 Å². The zero-order valence-electron chi connectivity index (χ0n) is 22.9. The molecule has 40 heavy (non-hydrogen) atoms. The van der Waals surface area contributed by atoms with Crippen LogP contribution >= 0.6 is 11.8 Å². The van der Waals surface area contributed by atoms with Crippen LogP contribution in [-0.4, -0.2) is 34.1 Å². The molecule has 2 fully saturated rings. The number of amides is 1. The molecule has 1 atom stereocenters. The fourth-order valence-electron chi connectivity index (χ4n) is 5.17. The molecule has 0 aromatic heterocycles. The monoisotopic (exact) mass is 554 g/mol. The van der Waals surface area contributed by atoms with Crippen molar-refractivity contribution in [3.8, 4) is 5.75 Å². The van der Waals surface area contributed by atoms with E-state index in [1.54, 1.807) is 31.3 Å². The number of hydrogen-bond acceptors (Lipinski definition) is 5. The molecular weight excluding hydrogens is 520 g/mol. The number of benzene rings is 3. The zero-order valence-corrected chi connectivity index (χ0v) is 23.7. The normalized spacial score (nSPS) is 18.9. The van der Waals surface area contributed by atoms with E-state index in [0.29, 0.717) is 27.2 Å². The van der Waals surface area contributed by atoms with Crippen LogP contribution in [0, 0.1) is 0 Å². The van der Waals surface area contributed by atoms with Crippen molar-refractivity contribution in [3.63, 3.8) is 0 Å². The van der Waals surface area contributed by atoms with Gasteiger partial charge in [-0.2, -0.15) is 0 Å². The number of nitrogens with zero attached hydrogens (tertiary/aromatic N) is 2. The molecule has 1 amide bonds. The number of carboxylic acids is 1. The summed E-state index contributed by atoms with van der Waals surface area (Å²) in [5, 5.41) is 9.51. The number of likely N-dealkylation sites (N-methyl/N-ethyl adjacent to an activating group) is 1. The number of hydrogen-bond donors (Lipinski definition) is 1. The van der Waals surface area contributed by atoms with E-state index in [-0.39, 0.29) is 18.4 Å². The molecule has 2 aliphatic rings. The van der Waals surface area contributed by atoms with Crippen LogP contribution in [-0.2, 0) is 16.0 Å². The van der Waals surface area contributed by atoms with Crippen molar-refractivity contribution in [2.24, 2.45) is 4.99 Å². The maximum Gasteiger partial charge on any atom is 0.307 e. The van der Waals surface area contributed by atoms with Gasteiger partial charge in [0.25, 0.3) is 5.91 Å². The highest BCUT2D eigenvalue weighted by Gasteiger charge is 2.30. The van der Waals surface area contributed by atoms with Crippen LogP contribution in [0.15, 0.2) is 82.7 Å². The van der Waals surface area contributed by atoms with Crippen LogP contribution in [0.4, 0.5) is 5.69 Å². The van der Waals surface area contributed by atoms with Gasteiger partial charge in [-0.05, 0) is 90.0 Å². The second kappa shape index (κ2) is 12.6. The first-order valence-corrected chi connectivity index (χ1v) is 14.6. The predicted molar refractivity (Wildman–Crippen MR) is 161 cm³/mol. The van der Waals surface area contributed by atoms with E-state index in [1.807, 2.05) is 30.3 Å². The molecule has 5 rings (SSSR count). The molecule has 6 nitrogen and oxygen atoms in total. The third-order valence-corrected chi connectivity index (χ3v) is 8.55. The molecule has 0 bridgehead atoms. The summed E-state index contributed by atoms with van der Waals surface area (Å²) in [4.78, 5) is 30.4. The number of carbonyl (C=O) groups excluding carboxylic acids is 1. The Bertz CT molecular complexity index is 1410. The first kappa shape index (κ1) is 27.7. The lowest BCUT2D eigenvalue weighted by Crippen LogP contribution is -2.23. The van der Waals surface area contributed by atoms with Crippen molar-refractivity contribution in [3.05, 3.63) is 100.0 Å². The minimum Gasteiger partial charge on any atom is -0.486 e. The Morgan fingerprint density at radius 2 is 1.70 bits per heavy atom. The topological polar surface area (TPSA) is 79.2 Å². The number of carbonyl (C=O) groups is 2. The van der Waals surface area contributed by atoms with Crippen molar-refractivity contribution < 1.29 is 19.4 Å². The summed E-state index contributed by atoms with van der Waals surface area (Å²) in [6.07, 6.45) is 8.39. The van der Waals surface area contributed by atoms with E-state index in [1.165, 1.54) is 54.3 Å². The van der Waals surface area contributed by atoms with Gasteiger partial charge in [0, 0.05) is 7.05 Å². The Morgan fingerprint density at radius 3 is 2.35 bits per heavy atom. The van der Waals surface area contributed by atoms with Crippen LogP contribution in [0.25, 0.3) is 6.08 Å². The van der Waals surface area contributed by atoms with Crippen molar-refractivity contribution >= 4 is 40.6 Å². The van der Waals surface area contributed by atoms with E-state index >= 15 is 0 Å². The van der Waals surface area contributed by atoms with E-state index in [4.69, 9.17) is 9.84 Å². The largest absolute Gasteiger partial charge is 0.486 e. The number of aliphatic imine (C=N–C) groups is 1. The molecule has 206 valence electrons. The van der Waals surface area contributed by atoms with Crippen LogP contribution in [0.2, 0.25) is 0 Å². The van der Waals surface area contributed by atoms with Gasteiger partial charge in [0.15, 0.2) is 5.17 Å². The molecule has 0 spiro atoms. The predicted octanol–water partition coefficient (Wildman–Crippen LogP) is 7.74. The molecule has 1 N–H and O–H groups in total. The van der Waals surface area contributed by atoms with Gasteiger partial charge < -0.3 is 9.84 Å². The first-order chi connectivity index (χ1) is 19.4. The molecule has 1 heterocycles. The Hall–Kier alpha value is -3.84. The minimum atomic E-state index is -0.876. The second-order valence-corrected chi connectivity index (χ2v) is 11.4. The van der Waals surface area contributed by atoms with E-state index in [2.05, 4.69) is 36.2 Å². The molecule has 1 aliphatic heterocycles.